The van der Waals surface area contributed by atoms with Crippen LogP contribution in [-0.2, 0) is 0 Å². The van der Waals surface area contributed by atoms with Crippen molar-refractivity contribution in [2.75, 3.05) is 19.6 Å². The molecule has 1 heterocycles. The van der Waals surface area contributed by atoms with Crippen molar-refractivity contribution in [3.05, 3.63) is 108 Å². The quantitative estimate of drug-likeness (QED) is 0.210. The van der Waals surface area contributed by atoms with Gasteiger partial charge in [0, 0.05) is 31.1 Å². The second-order valence-electron chi connectivity index (χ2n) is 10.9. The molecule has 41 heavy (non-hydrogen) atoms. The molecule has 0 bridgehead atoms. The molecular formula is C34H44N4O3. The molecule has 0 saturated carbocycles. The van der Waals surface area contributed by atoms with Crippen molar-refractivity contribution in [3.8, 4) is 0 Å². The molecule has 3 atom stereocenters. The minimum atomic E-state index is -0.680. The summed E-state index contributed by atoms with van der Waals surface area (Å²) >= 11 is 0. The minimum Gasteiger partial charge on any atom is -0.391 e. The number of aliphatic hydroxyl groups is 1. The number of hydrogen-bond donors (Lipinski definition) is 4. The van der Waals surface area contributed by atoms with Gasteiger partial charge in [-0.25, -0.2) is 4.79 Å². The number of nitrogens with one attached hydrogen (secondary N) is 3. The van der Waals surface area contributed by atoms with Crippen LogP contribution in [0.4, 0.5) is 4.79 Å². The molecule has 3 aromatic rings. The van der Waals surface area contributed by atoms with E-state index in [-0.39, 0.29) is 30.1 Å². The molecule has 0 radical (unpaired) electrons. The molecule has 1 aliphatic rings. The highest BCUT2D eigenvalue weighted by Gasteiger charge is 2.40. The molecule has 3 amide bonds. The summed E-state index contributed by atoms with van der Waals surface area (Å²) in [5.41, 5.74) is 2.76. The summed E-state index contributed by atoms with van der Waals surface area (Å²) < 4.78 is 0. The van der Waals surface area contributed by atoms with Gasteiger partial charge in [-0.15, -0.1) is 0 Å². The van der Waals surface area contributed by atoms with Crippen LogP contribution in [-0.4, -0.2) is 53.8 Å². The van der Waals surface area contributed by atoms with E-state index in [1.165, 1.54) is 19.3 Å². The lowest BCUT2D eigenvalue weighted by atomic mass is 9.87. The van der Waals surface area contributed by atoms with E-state index in [1.807, 2.05) is 54.6 Å². The number of carbonyl (C=O) groups excluding carboxylic acids is 2. The van der Waals surface area contributed by atoms with E-state index in [0.717, 1.165) is 24.0 Å². The van der Waals surface area contributed by atoms with Gasteiger partial charge in [-0.3, -0.25) is 9.69 Å². The number of β-amino-alcohol motifs (C(OH)–C–C–N with tert-alkyl or cyclic N) is 1. The molecule has 7 heteroatoms. The van der Waals surface area contributed by atoms with Gasteiger partial charge in [0.05, 0.1) is 18.3 Å². The van der Waals surface area contributed by atoms with Crippen LogP contribution in [0.15, 0.2) is 91.0 Å². The van der Waals surface area contributed by atoms with Crippen molar-refractivity contribution < 1.29 is 14.7 Å². The van der Waals surface area contributed by atoms with Crippen LogP contribution in [0.1, 0.15) is 73.0 Å². The van der Waals surface area contributed by atoms with Crippen LogP contribution in [0.2, 0.25) is 0 Å². The fourth-order valence-electron chi connectivity index (χ4n) is 5.61. The van der Waals surface area contributed by atoms with E-state index in [9.17, 15) is 14.7 Å². The lowest BCUT2D eigenvalue weighted by Gasteiger charge is -2.46. The van der Waals surface area contributed by atoms with Crippen LogP contribution in [0.25, 0.3) is 0 Å². The third-order valence-electron chi connectivity index (χ3n) is 7.86. The van der Waals surface area contributed by atoms with Gasteiger partial charge in [0.1, 0.15) is 0 Å². The molecule has 3 aromatic carbocycles. The Hall–Kier alpha value is -3.68. The number of hydrogen-bond acceptors (Lipinski definition) is 4. The van der Waals surface area contributed by atoms with Crippen LogP contribution in [0, 0.1) is 5.92 Å². The predicted octanol–water partition coefficient (Wildman–Crippen LogP) is 5.48. The molecule has 0 aliphatic carbocycles. The Bertz CT molecular complexity index is 1150. The molecule has 218 valence electrons. The van der Waals surface area contributed by atoms with Crippen LogP contribution in [0.5, 0.6) is 0 Å². The molecule has 7 nitrogen and oxygen atoms in total. The zero-order valence-corrected chi connectivity index (χ0v) is 24.0. The van der Waals surface area contributed by atoms with E-state index in [2.05, 4.69) is 52.0 Å². The smallest absolute Gasteiger partial charge is 0.316 e. The second kappa shape index (κ2) is 15.9. The van der Waals surface area contributed by atoms with Crippen molar-refractivity contribution in [1.29, 1.82) is 0 Å². The number of nitrogens with zero attached hydrogens (tertiary/aromatic N) is 1. The Balaban J connectivity index is 1.51. The average Bonchev–Trinajstić information content (AvgIpc) is 3.01. The van der Waals surface area contributed by atoms with E-state index in [0.29, 0.717) is 31.6 Å². The number of unbranched alkanes of at least 4 members (excludes halogenated alkanes) is 4. The zero-order valence-electron chi connectivity index (χ0n) is 24.0. The summed E-state index contributed by atoms with van der Waals surface area (Å²) in [6.45, 7) is 3.49. The van der Waals surface area contributed by atoms with E-state index >= 15 is 0 Å². The number of piperidine rings is 1. The summed E-state index contributed by atoms with van der Waals surface area (Å²) in [4.78, 5) is 28.0. The number of urea groups is 1. The van der Waals surface area contributed by atoms with Gasteiger partial charge in [-0.05, 0) is 36.1 Å². The molecule has 4 N–H and O–H groups in total. The maximum Gasteiger partial charge on any atom is 0.316 e. The van der Waals surface area contributed by atoms with E-state index < -0.39 is 6.10 Å². The predicted molar refractivity (Wildman–Crippen MR) is 163 cm³/mol. The second-order valence-corrected chi connectivity index (χ2v) is 10.9. The minimum absolute atomic E-state index is 0.161. The Morgan fingerprint density at radius 3 is 2.02 bits per heavy atom. The lowest BCUT2D eigenvalue weighted by Crippen LogP contribution is -2.60. The first-order valence-electron chi connectivity index (χ1n) is 15.0. The summed E-state index contributed by atoms with van der Waals surface area (Å²) in [5.74, 6) is -0.387. The molecule has 0 spiro atoms. The highest BCUT2D eigenvalue weighted by molar-refractivity contribution is 5.94. The highest BCUT2D eigenvalue weighted by atomic mass is 16.3. The van der Waals surface area contributed by atoms with Gasteiger partial charge in [0.15, 0.2) is 0 Å². The third-order valence-corrected chi connectivity index (χ3v) is 7.86. The SMILES string of the molecule is CCCCCCCNC(=O)NC1CC(CNC(=O)c2ccccc2)C(O)CN1C(c1ccccc1)c1ccccc1. The zero-order chi connectivity index (χ0) is 28.9. The fourth-order valence-corrected chi connectivity index (χ4v) is 5.61. The molecule has 1 fully saturated rings. The normalized spacial score (nSPS) is 19.0. The molecule has 3 unspecified atom stereocenters. The number of benzene rings is 3. The Morgan fingerprint density at radius 2 is 1.41 bits per heavy atom. The summed E-state index contributed by atoms with van der Waals surface area (Å²) in [6, 6.07) is 29.1. The first-order valence-corrected chi connectivity index (χ1v) is 15.0. The fraction of sp³-hybridized carbons (Fsp3) is 0.412. The highest BCUT2D eigenvalue weighted by Crippen LogP contribution is 2.35. The van der Waals surface area contributed by atoms with Gasteiger partial charge < -0.3 is 21.1 Å². The number of amides is 3. The van der Waals surface area contributed by atoms with Crippen molar-refractivity contribution in [2.45, 2.75) is 63.8 Å². The largest absolute Gasteiger partial charge is 0.391 e. The topological polar surface area (TPSA) is 93.7 Å². The van der Waals surface area contributed by atoms with Crippen LogP contribution < -0.4 is 16.0 Å². The maximum atomic E-state index is 13.1. The van der Waals surface area contributed by atoms with Gasteiger partial charge in [0.2, 0.25) is 0 Å². The molecule has 4 rings (SSSR count). The maximum absolute atomic E-state index is 13.1. The molecule has 1 saturated heterocycles. The monoisotopic (exact) mass is 556 g/mol. The molecule has 0 aromatic heterocycles. The lowest BCUT2D eigenvalue weighted by molar-refractivity contribution is -0.0290. The molecule has 1 aliphatic heterocycles. The van der Waals surface area contributed by atoms with Crippen molar-refractivity contribution >= 4 is 11.9 Å². The van der Waals surface area contributed by atoms with Gasteiger partial charge in [-0.1, -0.05) is 111 Å². The van der Waals surface area contributed by atoms with Gasteiger partial charge >= 0.3 is 6.03 Å². The van der Waals surface area contributed by atoms with Crippen LogP contribution >= 0.6 is 0 Å². The van der Waals surface area contributed by atoms with Crippen molar-refractivity contribution in [2.24, 2.45) is 5.92 Å². The first-order chi connectivity index (χ1) is 20.1. The summed E-state index contributed by atoms with van der Waals surface area (Å²) in [5, 5.41) is 20.6. The van der Waals surface area contributed by atoms with Crippen molar-refractivity contribution in [3.63, 3.8) is 0 Å². The Morgan fingerprint density at radius 1 is 0.829 bits per heavy atom. The standard InChI is InChI=1S/C34H44N4O3/c1-2-3-4-5-15-22-35-34(41)37-31-23-29(24-36-33(40)28-20-13-8-14-21-28)30(39)25-38(31)32(26-16-9-6-10-17-26)27-18-11-7-12-19-27/h6-14,16-21,29-32,39H,2-5,15,22-25H2,1H3,(H,36,40)(H2,35,37,41). The number of rotatable bonds is 13. The van der Waals surface area contributed by atoms with Crippen LogP contribution in [0.3, 0.4) is 0 Å². The third kappa shape index (κ3) is 8.90. The van der Waals surface area contributed by atoms with E-state index in [1.54, 1.807) is 12.1 Å². The Kier molecular flexibility index (Phi) is 11.8. The first kappa shape index (κ1) is 30.3. The number of aliphatic hydroxyl groups excluding tert-OH is 1. The number of likely N-dealkylation sites (tertiary alicyclic amines) is 1. The summed E-state index contributed by atoms with van der Waals surface area (Å²) in [6.07, 6.45) is 5.11. The Labute approximate surface area is 244 Å². The van der Waals surface area contributed by atoms with Gasteiger partial charge in [-0.2, -0.15) is 0 Å². The van der Waals surface area contributed by atoms with E-state index in [4.69, 9.17) is 0 Å². The summed E-state index contributed by atoms with van der Waals surface area (Å²) in [7, 11) is 0. The van der Waals surface area contributed by atoms with Crippen molar-refractivity contribution in [1.82, 2.24) is 20.9 Å². The number of carbonyl (C=O) groups is 2. The average molecular weight is 557 g/mol. The van der Waals surface area contributed by atoms with Gasteiger partial charge in [0.25, 0.3) is 5.91 Å². The molecular weight excluding hydrogens is 512 g/mol.